The molecule has 0 radical (unpaired) electrons. The second kappa shape index (κ2) is 8.64. The van der Waals surface area contributed by atoms with Gasteiger partial charge in [-0.25, -0.2) is 5.48 Å². The zero-order chi connectivity index (χ0) is 20.2. The number of para-hydroxylation sites is 1. The summed E-state index contributed by atoms with van der Waals surface area (Å²) in [4.78, 5) is 17.2. The lowest BCUT2D eigenvalue weighted by Gasteiger charge is -2.25. The number of aromatic amines is 1. The van der Waals surface area contributed by atoms with Gasteiger partial charge in [-0.05, 0) is 61.6 Å². The van der Waals surface area contributed by atoms with E-state index in [0.717, 1.165) is 25.1 Å². The molecular formula is C24H27N3O2. The van der Waals surface area contributed by atoms with Gasteiger partial charge in [-0.3, -0.25) is 14.9 Å². The number of carbonyl (C=O) groups excluding carboxylic acids is 1. The summed E-state index contributed by atoms with van der Waals surface area (Å²) in [6, 6.07) is 17.4. The lowest BCUT2D eigenvalue weighted by atomic mass is 10.0. The number of H-pyrrole nitrogens is 1. The van der Waals surface area contributed by atoms with Crippen molar-refractivity contribution in [3.05, 3.63) is 77.0 Å². The van der Waals surface area contributed by atoms with Crippen LogP contribution in [0.15, 0.2) is 54.6 Å². The molecule has 1 aliphatic rings. The predicted octanol–water partition coefficient (Wildman–Crippen LogP) is 4.20. The molecule has 3 aromatic rings. The fourth-order valence-electron chi connectivity index (χ4n) is 4.35. The Kier molecular flexibility index (Phi) is 5.79. The van der Waals surface area contributed by atoms with Crippen molar-refractivity contribution in [3.8, 4) is 0 Å². The monoisotopic (exact) mass is 389 g/mol. The topological polar surface area (TPSA) is 68.4 Å². The first-order valence-electron chi connectivity index (χ1n) is 10.2. The highest BCUT2D eigenvalue weighted by Crippen LogP contribution is 2.29. The molecule has 0 spiro atoms. The summed E-state index contributed by atoms with van der Waals surface area (Å²) in [7, 11) is 0. The van der Waals surface area contributed by atoms with Gasteiger partial charge in [0.25, 0.3) is 5.91 Å². The first-order valence-corrected chi connectivity index (χ1v) is 10.2. The van der Waals surface area contributed by atoms with Gasteiger partial charge >= 0.3 is 0 Å². The quantitative estimate of drug-likeness (QED) is 0.336. The van der Waals surface area contributed by atoms with E-state index in [1.54, 1.807) is 11.6 Å². The van der Waals surface area contributed by atoms with Gasteiger partial charge in [-0.15, -0.1) is 0 Å². The summed E-state index contributed by atoms with van der Waals surface area (Å²) in [5.74, 6) is -0.526. The van der Waals surface area contributed by atoms with E-state index < -0.39 is 5.91 Å². The molecule has 1 aromatic heterocycles. The molecule has 2 aromatic carbocycles. The fourth-order valence-corrected chi connectivity index (χ4v) is 4.35. The summed E-state index contributed by atoms with van der Waals surface area (Å²) in [5, 5.41) is 9.90. The second-order valence-corrected chi connectivity index (χ2v) is 7.80. The van der Waals surface area contributed by atoms with Gasteiger partial charge < -0.3 is 4.98 Å². The SMILES string of the molecule is Cc1[nH]c2ccccc2c1C[C@H]1CCCN1Cc1ccc(/C=C/C(=O)NO)cc1. The van der Waals surface area contributed by atoms with Gasteiger partial charge in [0, 0.05) is 35.3 Å². The van der Waals surface area contributed by atoms with E-state index in [2.05, 4.69) is 53.2 Å². The number of fused-ring (bicyclic) bond motifs is 1. The minimum absolute atomic E-state index is 0.526. The molecule has 5 heteroatoms. The van der Waals surface area contributed by atoms with Crippen LogP contribution in [0.2, 0.25) is 0 Å². The Morgan fingerprint density at radius 1 is 1.24 bits per heavy atom. The molecule has 1 atom stereocenters. The molecule has 2 heterocycles. The van der Waals surface area contributed by atoms with E-state index >= 15 is 0 Å². The Hall–Kier alpha value is -2.89. The van der Waals surface area contributed by atoms with Crippen LogP contribution in [0.1, 0.15) is 35.2 Å². The number of benzene rings is 2. The smallest absolute Gasteiger partial charge is 0.267 e. The fraction of sp³-hybridized carbons (Fsp3) is 0.292. The number of carbonyl (C=O) groups is 1. The molecule has 0 aliphatic carbocycles. The maximum absolute atomic E-state index is 11.1. The number of hydrogen-bond donors (Lipinski definition) is 3. The minimum atomic E-state index is -0.526. The predicted molar refractivity (Wildman–Crippen MR) is 116 cm³/mol. The van der Waals surface area contributed by atoms with Crippen LogP contribution in [0.4, 0.5) is 0 Å². The van der Waals surface area contributed by atoms with Crippen molar-refractivity contribution in [2.45, 2.75) is 38.8 Å². The Bertz CT molecular complexity index is 1020. The summed E-state index contributed by atoms with van der Waals surface area (Å²) < 4.78 is 0. The van der Waals surface area contributed by atoms with Gasteiger partial charge in [0.15, 0.2) is 0 Å². The number of aryl methyl sites for hydroxylation is 1. The zero-order valence-electron chi connectivity index (χ0n) is 16.7. The third-order valence-corrected chi connectivity index (χ3v) is 5.87. The first-order chi connectivity index (χ1) is 14.1. The molecule has 29 heavy (non-hydrogen) atoms. The largest absolute Gasteiger partial charge is 0.358 e. The normalized spacial score (nSPS) is 17.4. The van der Waals surface area contributed by atoms with E-state index in [0.29, 0.717) is 6.04 Å². The second-order valence-electron chi connectivity index (χ2n) is 7.80. The number of rotatable bonds is 6. The van der Waals surface area contributed by atoms with Crippen molar-refractivity contribution in [2.24, 2.45) is 0 Å². The molecule has 4 rings (SSSR count). The van der Waals surface area contributed by atoms with E-state index in [-0.39, 0.29) is 0 Å². The lowest BCUT2D eigenvalue weighted by Crippen LogP contribution is -2.30. The van der Waals surface area contributed by atoms with E-state index in [1.165, 1.54) is 46.6 Å². The van der Waals surface area contributed by atoms with Crippen molar-refractivity contribution in [2.75, 3.05) is 6.54 Å². The van der Waals surface area contributed by atoms with Gasteiger partial charge in [-0.1, -0.05) is 42.5 Å². The van der Waals surface area contributed by atoms with Gasteiger partial charge in [0.2, 0.25) is 0 Å². The molecule has 0 bridgehead atoms. The maximum atomic E-state index is 11.1. The van der Waals surface area contributed by atoms with Gasteiger partial charge in [-0.2, -0.15) is 0 Å². The molecule has 5 nitrogen and oxygen atoms in total. The highest BCUT2D eigenvalue weighted by molar-refractivity contribution is 5.90. The average molecular weight is 389 g/mol. The average Bonchev–Trinajstić information content (AvgIpc) is 3.31. The highest BCUT2D eigenvalue weighted by atomic mass is 16.5. The third-order valence-electron chi connectivity index (χ3n) is 5.87. The van der Waals surface area contributed by atoms with Crippen LogP contribution in [0.5, 0.6) is 0 Å². The van der Waals surface area contributed by atoms with Gasteiger partial charge in [0.05, 0.1) is 0 Å². The van der Waals surface area contributed by atoms with Crippen LogP contribution in [-0.2, 0) is 17.8 Å². The molecule has 0 unspecified atom stereocenters. The van der Waals surface area contributed by atoms with E-state index in [4.69, 9.17) is 5.21 Å². The maximum Gasteiger partial charge on any atom is 0.267 e. The van der Waals surface area contributed by atoms with Crippen LogP contribution in [0.3, 0.4) is 0 Å². The molecule has 150 valence electrons. The number of hydroxylamine groups is 1. The van der Waals surface area contributed by atoms with Crippen molar-refractivity contribution in [3.63, 3.8) is 0 Å². The number of nitrogens with zero attached hydrogens (tertiary/aromatic N) is 1. The lowest BCUT2D eigenvalue weighted by molar-refractivity contribution is -0.124. The van der Waals surface area contributed by atoms with Crippen LogP contribution in [0.25, 0.3) is 17.0 Å². The van der Waals surface area contributed by atoms with Crippen LogP contribution < -0.4 is 5.48 Å². The third kappa shape index (κ3) is 4.42. The molecule has 1 fully saturated rings. The molecule has 1 saturated heterocycles. The number of hydrogen-bond acceptors (Lipinski definition) is 3. The van der Waals surface area contributed by atoms with Crippen molar-refractivity contribution in [1.29, 1.82) is 0 Å². The Morgan fingerprint density at radius 2 is 2.03 bits per heavy atom. The van der Waals surface area contributed by atoms with Crippen molar-refractivity contribution < 1.29 is 10.0 Å². The van der Waals surface area contributed by atoms with E-state index in [9.17, 15) is 4.79 Å². The van der Waals surface area contributed by atoms with Crippen LogP contribution >= 0.6 is 0 Å². The summed E-state index contributed by atoms with van der Waals surface area (Å²) in [6.45, 7) is 4.25. The molecule has 1 aliphatic heterocycles. The van der Waals surface area contributed by atoms with E-state index in [1.807, 2.05) is 12.1 Å². The van der Waals surface area contributed by atoms with Crippen molar-refractivity contribution in [1.82, 2.24) is 15.4 Å². The summed E-state index contributed by atoms with van der Waals surface area (Å²) in [6.07, 6.45) is 6.55. The van der Waals surface area contributed by atoms with Crippen LogP contribution in [-0.4, -0.2) is 33.6 Å². The number of amides is 1. The molecule has 3 N–H and O–H groups in total. The zero-order valence-corrected chi connectivity index (χ0v) is 16.7. The standard InChI is InChI=1S/C24H27N3O2/c1-17-22(21-6-2-3-7-23(21)25-17)15-20-5-4-14-27(20)16-19-10-8-18(9-11-19)12-13-24(28)26-29/h2-3,6-13,20,25,29H,4-5,14-16H2,1H3,(H,26,28)/b13-12+/t20-/m1/s1. The number of aromatic nitrogens is 1. The Labute approximate surface area is 171 Å². The van der Waals surface area contributed by atoms with Crippen molar-refractivity contribution >= 4 is 22.9 Å². The molecule has 0 saturated carbocycles. The Balaban J connectivity index is 1.44. The highest BCUT2D eigenvalue weighted by Gasteiger charge is 2.26. The number of nitrogens with one attached hydrogen (secondary N) is 2. The Morgan fingerprint density at radius 3 is 2.83 bits per heavy atom. The van der Waals surface area contributed by atoms with Crippen LogP contribution in [0, 0.1) is 6.92 Å². The number of likely N-dealkylation sites (tertiary alicyclic amines) is 1. The first kappa shape index (κ1) is 19.4. The summed E-state index contributed by atoms with van der Waals surface area (Å²) >= 11 is 0. The summed E-state index contributed by atoms with van der Waals surface area (Å²) in [5.41, 5.74) is 7.76. The molecule has 1 amide bonds. The minimum Gasteiger partial charge on any atom is -0.358 e. The molecular weight excluding hydrogens is 362 g/mol. The van der Waals surface area contributed by atoms with Gasteiger partial charge in [0.1, 0.15) is 0 Å².